The second-order valence-electron chi connectivity index (χ2n) is 4.08. The van der Waals surface area contributed by atoms with Gasteiger partial charge in [-0.15, -0.1) is 11.3 Å². The van der Waals surface area contributed by atoms with Gasteiger partial charge < -0.3 is 14.8 Å². The Morgan fingerprint density at radius 1 is 1.32 bits per heavy atom. The van der Waals surface area contributed by atoms with Crippen LogP contribution in [0.25, 0.3) is 0 Å². The molecule has 1 aromatic carbocycles. The number of nitrogens with one attached hydrogen (secondary N) is 1. The molecule has 0 bridgehead atoms. The molecule has 1 aromatic heterocycles. The van der Waals surface area contributed by atoms with E-state index < -0.39 is 0 Å². The molecular weight excluding hydrogens is 260 g/mol. The minimum Gasteiger partial charge on any atom is -0.491 e. The Balaban J connectivity index is 1.87. The fourth-order valence-corrected chi connectivity index (χ4v) is 2.23. The van der Waals surface area contributed by atoms with Crippen LogP contribution in [0.4, 0.5) is 5.69 Å². The van der Waals surface area contributed by atoms with Crippen molar-refractivity contribution in [2.75, 3.05) is 25.6 Å². The summed E-state index contributed by atoms with van der Waals surface area (Å²) in [7, 11) is 1.66. The molecule has 0 radical (unpaired) electrons. The summed E-state index contributed by atoms with van der Waals surface area (Å²) < 4.78 is 10.5. The molecule has 0 spiro atoms. The lowest BCUT2D eigenvalue weighted by Gasteiger charge is -2.08. The number of anilines is 1. The van der Waals surface area contributed by atoms with E-state index >= 15 is 0 Å². The highest BCUT2D eigenvalue weighted by atomic mass is 32.1. The van der Waals surface area contributed by atoms with E-state index in [-0.39, 0.29) is 0 Å². The first-order valence-electron chi connectivity index (χ1n) is 6.14. The summed E-state index contributed by atoms with van der Waals surface area (Å²) in [5, 5.41) is 6.50. The van der Waals surface area contributed by atoms with Gasteiger partial charge in [0.1, 0.15) is 12.4 Å². The summed E-state index contributed by atoms with van der Waals surface area (Å²) in [6.45, 7) is 3.89. The van der Waals surface area contributed by atoms with Crippen LogP contribution in [0.2, 0.25) is 0 Å². The van der Waals surface area contributed by atoms with E-state index in [0.29, 0.717) is 13.2 Å². The number of ether oxygens (including phenoxy) is 2. The van der Waals surface area contributed by atoms with Crippen molar-refractivity contribution in [1.29, 1.82) is 0 Å². The van der Waals surface area contributed by atoms with Gasteiger partial charge in [0.05, 0.1) is 23.9 Å². The zero-order valence-corrected chi connectivity index (χ0v) is 12.0. The van der Waals surface area contributed by atoms with Crippen LogP contribution in [0.1, 0.15) is 10.7 Å². The molecule has 19 heavy (non-hydrogen) atoms. The van der Waals surface area contributed by atoms with E-state index in [1.54, 1.807) is 18.4 Å². The lowest BCUT2D eigenvalue weighted by atomic mass is 10.3. The number of aromatic nitrogens is 1. The average molecular weight is 278 g/mol. The standard InChI is InChI=1S/C14H18N2O2S/c1-11-16-13(10-19-11)9-15-12-4-3-5-14(8-12)18-7-6-17-2/h3-5,8,10,15H,6-7,9H2,1-2H3. The molecule has 0 amide bonds. The maximum absolute atomic E-state index is 5.56. The molecule has 5 heteroatoms. The van der Waals surface area contributed by atoms with Gasteiger partial charge >= 0.3 is 0 Å². The van der Waals surface area contributed by atoms with Gasteiger partial charge in [0.15, 0.2) is 0 Å². The molecule has 1 N–H and O–H groups in total. The van der Waals surface area contributed by atoms with Crippen LogP contribution in [0, 0.1) is 6.92 Å². The Morgan fingerprint density at radius 3 is 2.95 bits per heavy atom. The monoisotopic (exact) mass is 278 g/mol. The summed E-state index contributed by atoms with van der Waals surface area (Å²) in [5.41, 5.74) is 2.09. The van der Waals surface area contributed by atoms with E-state index in [4.69, 9.17) is 9.47 Å². The van der Waals surface area contributed by atoms with E-state index in [1.807, 2.05) is 31.2 Å². The van der Waals surface area contributed by atoms with Crippen LogP contribution in [-0.2, 0) is 11.3 Å². The molecule has 0 fully saturated rings. The van der Waals surface area contributed by atoms with Crippen LogP contribution in [0.3, 0.4) is 0 Å². The summed E-state index contributed by atoms with van der Waals surface area (Å²) in [4.78, 5) is 4.42. The maximum Gasteiger partial charge on any atom is 0.121 e. The van der Waals surface area contributed by atoms with Crippen LogP contribution in [-0.4, -0.2) is 25.3 Å². The number of hydrogen-bond donors (Lipinski definition) is 1. The molecular formula is C14H18N2O2S. The van der Waals surface area contributed by atoms with Crippen LogP contribution in [0.15, 0.2) is 29.6 Å². The Kier molecular flexibility index (Phi) is 5.18. The van der Waals surface area contributed by atoms with Crippen molar-refractivity contribution in [2.24, 2.45) is 0 Å². The summed E-state index contributed by atoms with van der Waals surface area (Å²) in [6.07, 6.45) is 0. The zero-order valence-electron chi connectivity index (χ0n) is 11.2. The Hall–Kier alpha value is -1.59. The molecule has 0 saturated carbocycles. The first-order chi connectivity index (χ1) is 9.28. The normalized spacial score (nSPS) is 10.4. The van der Waals surface area contributed by atoms with Crippen molar-refractivity contribution in [3.05, 3.63) is 40.3 Å². The zero-order chi connectivity index (χ0) is 13.5. The molecule has 0 atom stereocenters. The average Bonchev–Trinajstić information content (AvgIpc) is 2.83. The predicted octanol–water partition coefficient (Wildman–Crippen LogP) is 3.09. The van der Waals surface area contributed by atoms with E-state index in [2.05, 4.69) is 15.7 Å². The number of hydrogen-bond acceptors (Lipinski definition) is 5. The maximum atomic E-state index is 5.56. The number of aryl methyl sites for hydroxylation is 1. The molecule has 0 aliphatic carbocycles. The number of methoxy groups -OCH3 is 1. The molecule has 0 aliphatic heterocycles. The fraction of sp³-hybridized carbons (Fsp3) is 0.357. The highest BCUT2D eigenvalue weighted by molar-refractivity contribution is 7.09. The van der Waals surface area contributed by atoms with Crippen LogP contribution in [0.5, 0.6) is 5.75 Å². The highest BCUT2D eigenvalue weighted by Crippen LogP contribution is 2.18. The number of nitrogens with zero attached hydrogens (tertiary/aromatic N) is 1. The summed E-state index contributed by atoms with van der Waals surface area (Å²) >= 11 is 1.67. The largest absolute Gasteiger partial charge is 0.491 e. The second-order valence-corrected chi connectivity index (χ2v) is 5.14. The van der Waals surface area contributed by atoms with Crippen molar-refractivity contribution in [1.82, 2.24) is 4.98 Å². The Bertz CT molecular complexity index is 514. The minimum atomic E-state index is 0.561. The minimum absolute atomic E-state index is 0.561. The van der Waals surface area contributed by atoms with Gasteiger partial charge in [0, 0.05) is 24.2 Å². The number of thiazole rings is 1. The van der Waals surface area contributed by atoms with Gasteiger partial charge in [0.2, 0.25) is 0 Å². The van der Waals surface area contributed by atoms with Gasteiger partial charge in [-0.3, -0.25) is 0 Å². The van der Waals surface area contributed by atoms with Crippen molar-refractivity contribution < 1.29 is 9.47 Å². The van der Waals surface area contributed by atoms with E-state index in [1.165, 1.54) is 0 Å². The van der Waals surface area contributed by atoms with Gasteiger partial charge in [0.25, 0.3) is 0 Å². The van der Waals surface area contributed by atoms with Crippen molar-refractivity contribution in [2.45, 2.75) is 13.5 Å². The Labute approximate surface area is 117 Å². The lowest BCUT2D eigenvalue weighted by molar-refractivity contribution is 0.146. The highest BCUT2D eigenvalue weighted by Gasteiger charge is 2.00. The van der Waals surface area contributed by atoms with Gasteiger partial charge in [-0.1, -0.05) is 6.07 Å². The summed E-state index contributed by atoms with van der Waals surface area (Å²) in [6, 6.07) is 7.90. The smallest absolute Gasteiger partial charge is 0.121 e. The fourth-order valence-electron chi connectivity index (χ4n) is 1.62. The molecule has 0 saturated heterocycles. The lowest BCUT2D eigenvalue weighted by Crippen LogP contribution is -2.05. The molecule has 4 nitrogen and oxygen atoms in total. The first kappa shape index (κ1) is 13.8. The van der Waals surface area contributed by atoms with Crippen LogP contribution < -0.4 is 10.1 Å². The third kappa shape index (κ3) is 4.54. The third-order valence-electron chi connectivity index (χ3n) is 2.53. The third-order valence-corrected chi connectivity index (χ3v) is 3.35. The molecule has 102 valence electrons. The van der Waals surface area contributed by atoms with E-state index in [9.17, 15) is 0 Å². The second kappa shape index (κ2) is 7.11. The van der Waals surface area contributed by atoms with Crippen molar-refractivity contribution in [3.63, 3.8) is 0 Å². The summed E-state index contributed by atoms with van der Waals surface area (Å²) in [5.74, 6) is 0.844. The number of benzene rings is 1. The quantitative estimate of drug-likeness (QED) is 0.790. The van der Waals surface area contributed by atoms with Crippen LogP contribution >= 0.6 is 11.3 Å². The van der Waals surface area contributed by atoms with Gasteiger partial charge in [-0.25, -0.2) is 4.98 Å². The molecule has 2 aromatic rings. The Morgan fingerprint density at radius 2 is 2.21 bits per heavy atom. The number of rotatable bonds is 7. The predicted molar refractivity (Wildman–Crippen MR) is 78.0 cm³/mol. The molecule has 0 aliphatic rings. The molecule has 2 rings (SSSR count). The van der Waals surface area contributed by atoms with Crippen molar-refractivity contribution in [3.8, 4) is 5.75 Å². The van der Waals surface area contributed by atoms with Gasteiger partial charge in [-0.05, 0) is 19.1 Å². The van der Waals surface area contributed by atoms with Crippen molar-refractivity contribution >= 4 is 17.0 Å². The molecule has 0 unspecified atom stereocenters. The first-order valence-corrected chi connectivity index (χ1v) is 7.02. The van der Waals surface area contributed by atoms with Gasteiger partial charge in [-0.2, -0.15) is 0 Å². The SMILES string of the molecule is COCCOc1cccc(NCc2csc(C)n2)c1. The topological polar surface area (TPSA) is 43.4 Å². The van der Waals surface area contributed by atoms with E-state index in [0.717, 1.165) is 28.7 Å². The molecule has 1 heterocycles.